The first-order chi connectivity index (χ1) is 10.2. The van der Waals surface area contributed by atoms with Crippen molar-refractivity contribution in [1.82, 2.24) is 4.90 Å². The highest BCUT2D eigenvalue weighted by Gasteiger charge is 2.17. The molecule has 0 spiro atoms. The van der Waals surface area contributed by atoms with Gasteiger partial charge in [0.05, 0.1) is 6.54 Å². The van der Waals surface area contributed by atoms with Gasteiger partial charge in [-0.15, -0.1) is 0 Å². The third-order valence-corrected chi connectivity index (χ3v) is 4.19. The molecule has 0 aliphatic heterocycles. The van der Waals surface area contributed by atoms with Crippen LogP contribution < -0.4 is 0 Å². The van der Waals surface area contributed by atoms with Crippen LogP contribution in [0, 0.1) is 5.92 Å². The van der Waals surface area contributed by atoms with E-state index in [1.165, 1.54) is 0 Å². The van der Waals surface area contributed by atoms with Crippen LogP contribution in [-0.2, 0) is 0 Å². The molecule has 0 bridgehead atoms. The zero-order valence-electron chi connectivity index (χ0n) is 13.3. The highest BCUT2D eigenvalue weighted by molar-refractivity contribution is 5.98. The van der Waals surface area contributed by atoms with Crippen LogP contribution >= 0.6 is 0 Å². The Balaban J connectivity index is 2.04. The van der Waals surface area contributed by atoms with Gasteiger partial charge in [0.1, 0.15) is 5.58 Å². The number of likely N-dealkylation sites (N-methyl/N-ethyl adjacent to an activating group) is 1. The summed E-state index contributed by atoms with van der Waals surface area (Å²) < 4.78 is 5.66. The average molecular weight is 287 g/mol. The fraction of sp³-hybridized carbons (Fsp3) is 0.500. The van der Waals surface area contributed by atoms with Crippen molar-refractivity contribution >= 4 is 16.8 Å². The number of furan rings is 1. The summed E-state index contributed by atoms with van der Waals surface area (Å²) in [5.41, 5.74) is 0.781. The molecule has 3 nitrogen and oxygen atoms in total. The number of para-hydroxylation sites is 1. The van der Waals surface area contributed by atoms with Crippen LogP contribution in [0.4, 0.5) is 0 Å². The van der Waals surface area contributed by atoms with Gasteiger partial charge in [-0.3, -0.25) is 9.69 Å². The van der Waals surface area contributed by atoms with E-state index in [0.717, 1.165) is 36.9 Å². The van der Waals surface area contributed by atoms with Crippen molar-refractivity contribution in [2.24, 2.45) is 5.92 Å². The van der Waals surface area contributed by atoms with Crippen molar-refractivity contribution in [3.8, 4) is 0 Å². The molecule has 0 fully saturated rings. The Morgan fingerprint density at radius 2 is 1.90 bits per heavy atom. The Morgan fingerprint density at radius 3 is 2.52 bits per heavy atom. The third kappa shape index (κ3) is 3.94. The van der Waals surface area contributed by atoms with Crippen molar-refractivity contribution in [3.05, 3.63) is 36.1 Å². The summed E-state index contributed by atoms with van der Waals surface area (Å²) in [6.45, 7) is 8.84. The lowest BCUT2D eigenvalue weighted by Crippen LogP contribution is -2.33. The van der Waals surface area contributed by atoms with Gasteiger partial charge >= 0.3 is 0 Å². The predicted octanol–water partition coefficient (Wildman–Crippen LogP) is 4.37. The van der Waals surface area contributed by atoms with Gasteiger partial charge in [0.2, 0.25) is 5.78 Å². The maximum atomic E-state index is 12.4. The summed E-state index contributed by atoms with van der Waals surface area (Å²) >= 11 is 0. The van der Waals surface area contributed by atoms with Gasteiger partial charge in [-0.25, -0.2) is 0 Å². The summed E-state index contributed by atoms with van der Waals surface area (Å²) in [6, 6.07) is 9.59. The summed E-state index contributed by atoms with van der Waals surface area (Å²) in [7, 11) is 0. The number of Topliss-reactive ketones (excluding diaryl/α,β-unsaturated/α-hetero) is 1. The smallest absolute Gasteiger partial charge is 0.211 e. The number of ketones is 1. The van der Waals surface area contributed by atoms with Crippen molar-refractivity contribution in [2.75, 3.05) is 19.6 Å². The molecular formula is C18H25NO2. The van der Waals surface area contributed by atoms with Crippen LogP contribution in [0.3, 0.4) is 0 Å². The summed E-state index contributed by atoms with van der Waals surface area (Å²) in [6.07, 6.45) is 2.32. The molecule has 0 atom stereocenters. The largest absolute Gasteiger partial charge is 0.453 e. The van der Waals surface area contributed by atoms with E-state index in [-0.39, 0.29) is 5.78 Å². The van der Waals surface area contributed by atoms with E-state index < -0.39 is 0 Å². The van der Waals surface area contributed by atoms with Crippen molar-refractivity contribution < 1.29 is 9.21 Å². The first-order valence-corrected chi connectivity index (χ1v) is 7.92. The van der Waals surface area contributed by atoms with Crippen LogP contribution in [0.15, 0.2) is 34.7 Å². The van der Waals surface area contributed by atoms with Crippen LogP contribution in [0.5, 0.6) is 0 Å². The number of hydrogen-bond acceptors (Lipinski definition) is 3. The summed E-state index contributed by atoms with van der Waals surface area (Å²) in [5, 5.41) is 0.990. The second-order valence-corrected chi connectivity index (χ2v) is 5.58. The van der Waals surface area contributed by atoms with Gasteiger partial charge in [0.15, 0.2) is 5.76 Å². The molecule has 0 unspecified atom stereocenters. The Labute approximate surface area is 126 Å². The molecule has 1 aromatic carbocycles. The molecule has 0 radical (unpaired) electrons. The molecular weight excluding hydrogens is 262 g/mol. The first-order valence-electron chi connectivity index (χ1n) is 7.92. The highest BCUT2D eigenvalue weighted by Crippen LogP contribution is 2.19. The highest BCUT2D eigenvalue weighted by atomic mass is 16.3. The van der Waals surface area contributed by atoms with Gasteiger partial charge in [-0.2, -0.15) is 0 Å². The van der Waals surface area contributed by atoms with Gasteiger partial charge in [-0.05, 0) is 24.6 Å². The number of benzene rings is 1. The molecule has 0 aliphatic carbocycles. The number of fused-ring (bicyclic) bond motifs is 1. The van der Waals surface area contributed by atoms with Gasteiger partial charge < -0.3 is 4.42 Å². The lowest BCUT2D eigenvalue weighted by atomic mass is 10.0. The number of carbonyl (C=O) groups is 1. The van der Waals surface area contributed by atoms with Crippen LogP contribution in [0.2, 0.25) is 0 Å². The van der Waals surface area contributed by atoms with E-state index in [1.54, 1.807) is 0 Å². The molecule has 1 heterocycles. The van der Waals surface area contributed by atoms with Gasteiger partial charge in [0, 0.05) is 11.9 Å². The molecule has 1 aromatic heterocycles. The number of nitrogens with zero attached hydrogens (tertiary/aromatic N) is 1. The third-order valence-electron chi connectivity index (χ3n) is 4.19. The Kier molecular flexibility index (Phi) is 5.57. The minimum absolute atomic E-state index is 0.0685. The maximum Gasteiger partial charge on any atom is 0.211 e. The SMILES string of the molecule is CCC(CC)CN(CC)CC(=O)c1cc2ccccc2o1. The zero-order chi connectivity index (χ0) is 15.2. The summed E-state index contributed by atoms with van der Waals surface area (Å²) in [4.78, 5) is 14.6. The number of hydrogen-bond donors (Lipinski definition) is 0. The van der Waals surface area contributed by atoms with E-state index in [2.05, 4.69) is 25.7 Å². The monoisotopic (exact) mass is 287 g/mol. The van der Waals surface area contributed by atoms with Crippen molar-refractivity contribution in [1.29, 1.82) is 0 Å². The fourth-order valence-electron chi connectivity index (χ4n) is 2.62. The van der Waals surface area contributed by atoms with E-state index in [9.17, 15) is 4.79 Å². The molecule has 0 saturated carbocycles. The lowest BCUT2D eigenvalue weighted by molar-refractivity contribution is 0.0895. The molecule has 0 amide bonds. The van der Waals surface area contributed by atoms with Crippen LogP contribution in [0.1, 0.15) is 44.2 Å². The minimum atomic E-state index is 0.0685. The predicted molar refractivity (Wildman–Crippen MR) is 86.7 cm³/mol. The number of carbonyl (C=O) groups excluding carboxylic acids is 1. The fourth-order valence-corrected chi connectivity index (χ4v) is 2.62. The molecule has 3 heteroatoms. The van der Waals surface area contributed by atoms with E-state index >= 15 is 0 Å². The number of rotatable bonds is 8. The Hall–Kier alpha value is -1.61. The van der Waals surface area contributed by atoms with Gasteiger partial charge in [-0.1, -0.05) is 51.8 Å². The van der Waals surface area contributed by atoms with Crippen molar-refractivity contribution in [2.45, 2.75) is 33.6 Å². The van der Waals surface area contributed by atoms with E-state index in [4.69, 9.17) is 4.42 Å². The molecule has 0 saturated heterocycles. The molecule has 0 N–H and O–H groups in total. The van der Waals surface area contributed by atoms with Crippen LogP contribution in [-0.4, -0.2) is 30.3 Å². The second-order valence-electron chi connectivity index (χ2n) is 5.58. The molecule has 0 aliphatic rings. The molecule has 2 rings (SSSR count). The van der Waals surface area contributed by atoms with E-state index in [1.807, 2.05) is 30.3 Å². The normalized spacial score (nSPS) is 11.7. The average Bonchev–Trinajstić information content (AvgIpc) is 2.95. The topological polar surface area (TPSA) is 33.5 Å². The zero-order valence-corrected chi connectivity index (χ0v) is 13.3. The van der Waals surface area contributed by atoms with E-state index in [0.29, 0.717) is 18.2 Å². The summed E-state index contributed by atoms with van der Waals surface area (Å²) in [5.74, 6) is 1.20. The maximum absolute atomic E-state index is 12.4. The Morgan fingerprint density at radius 1 is 1.19 bits per heavy atom. The first kappa shape index (κ1) is 15.8. The molecule has 21 heavy (non-hydrogen) atoms. The van der Waals surface area contributed by atoms with Gasteiger partial charge in [0.25, 0.3) is 0 Å². The standard InChI is InChI=1S/C18H25NO2/c1-4-14(5-2)12-19(6-3)13-16(20)18-11-15-9-7-8-10-17(15)21-18/h7-11,14H,4-6,12-13H2,1-3H3. The quantitative estimate of drug-likeness (QED) is 0.676. The minimum Gasteiger partial charge on any atom is -0.453 e. The Bertz CT molecular complexity index is 551. The lowest BCUT2D eigenvalue weighted by Gasteiger charge is -2.24. The molecule has 114 valence electrons. The van der Waals surface area contributed by atoms with Crippen molar-refractivity contribution in [3.63, 3.8) is 0 Å². The van der Waals surface area contributed by atoms with Crippen LogP contribution in [0.25, 0.3) is 11.0 Å². The second kappa shape index (κ2) is 7.41. The molecule has 2 aromatic rings.